The molecule has 0 aliphatic carbocycles. The first-order valence-corrected chi connectivity index (χ1v) is 10.1. The normalized spacial score (nSPS) is 17.3. The van der Waals surface area contributed by atoms with E-state index in [1.165, 1.54) is 29.2 Å². The fraction of sp³-hybridized carbons (Fsp3) is 0.318. The molecule has 1 aliphatic rings. The minimum absolute atomic E-state index is 0.0867. The first-order valence-electron chi connectivity index (χ1n) is 10.1. The number of hydrogen-bond donors (Lipinski definition) is 1. The summed E-state index contributed by atoms with van der Waals surface area (Å²) in [4.78, 5) is 22.0. The van der Waals surface area contributed by atoms with Crippen LogP contribution in [0.3, 0.4) is 0 Å². The molecule has 1 N–H and O–H groups in total. The number of carbonyl (C=O) groups excluding carboxylic acids is 1. The topological polar surface area (TPSA) is 58.1 Å². The second-order valence-electron chi connectivity index (χ2n) is 7.70. The number of nitrogens with zero attached hydrogens (tertiary/aromatic N) is 3. The maximum atomic E-state index is 13.7. The zero-order valence-corrected chi connectivity index (χ0v) is 17.0. The largest absolute Gasteiger partial charge is 0.437 e. The number of alkyl halides is 6. The van der Waals surface area contributed by atoms with E-state index in [1.807, 2.05) is 0 Å². The lowest BCUT2D eigenvalue weighted by Gasteiger charge is -2.34. The number of carbonyl (C=O) groups is 1. The number of amides is 1. The van der Waals surface area contributed by atoms with Crippen molar-refractivity contribution in [1.82, 2.24) is 9.97 Å². The van der Waals surface area contributed by atoms with Crippen molar-refractivity contribution < 1.29 is 31.1 Å². The van der Waals surface area contributed by atoms with Crippen LogP contribution < -0.4 is 10.2 Å². The second kappa shape index (κ2) is 8.53. The maximum Gasteiger partial charge on any atom is 0.437 e. The summed E-state index contributed by atoms with van der Waals surface area (Å²) in [6.07, 6.45) is -8.75. The first kappa shape index (κ1) is 22.8. The van der Waals surface area contributed by atoms with Crippen molar-refractivity contribution in [3.05, 3.63) is 59.8 Å². The van der Waals surface area contributed by atoms with Crippen LogP contribution in [0.2, 0.25) is 0 Å². The molecule has 3 aromatic rings. The molecule has 11 heteroatoms. The molecule has 1 aliphatic heterocycles. The van der Waals surface area contributed by atoms with Gasteiger partial charge in [0.2, 0.25) is 5.91 Å². The van der Waals surface area contributed by atoms with Crippen LogP contribution in [0, 0.1) is 5.92 Å². The van der Waals surface area contributed by atoms with Gasteiger partial charge in [-0.1, -0.05) is 24.3 Å². The Morgan fingerprint density at radius 3 is 2.21 bits per heavy atom. The number of benzene rings is 2. The van der Waals surface area contributed by atoms with Gasteiger partial charge >= 0.3 is 12.4 Å². The third kappa shape index (κ3) is 4.86. The van der Waals surface area contributed by atoms with Gasteiger partial charge in [-0.2, -0.15) is 26.3 Å². The second-order valence-corrected chi connectivity index (χ2v) is 7.70. The van der Waals surface area contributed by atoms with Crippen molar-refractivity contribution in [2.24, 2.45) is 5.92 Å². The van der Waals surface area contributed by atoms with E-state index in [0.29, 0.717) is 12.8 Å². The summed E-state index contributed by atoms with van der Waals surface area (Å²) in [5, 5.41) is 2.29. The lowest BCUT2D eigenvalue weighted by Crippen LogP contribution is -2.42. The smallest absolute Gasteiger partial charge is 0.354 e. The molecular weight excluding hydrogens is 450 g/mol. The van der Waals surface area contributed by atoms with Gasteiger partial charge in [0, 0.05) is 13.1 Å². The highest BCUT2D eigenvalue weighted by Gasteiger charge is 2.40. The SMILES string of the molecule is O=C(Nc1ccccc1C(F)(F)F)[C@H]1CCCN(c2nc3ccccc3nc2C(F)(F)F)C1. The van der Waals surface area contributed by atoms with Gasteiger partial charge in [-0.05, 0) is 37.1 Å². The average molecular weight is 468 g/mol. The molecule has 0 saturated carbocycles. The monoisotopic (exact) mass is 468 g/mol. The number of para-hydroxylation sites is 3. The van der Waals surface area contributed by atoms with Gasteiger partial charge in [0.1, 0.15) is 0 Å². The molecule has 33 heavy (non-hydrogen) atoms. The number of aromatic nitrogens is 2. The highest BCUT2D eigenvalue weighted by molar-refractivity contribution is 5.94. The van der Waals surface area contributed by atoms with Crippen LogP contribution in [-0.4, -0.2) is 29.0 Å². The van der Waals surface area contributed by atoms with Crippen molar-refractivity contribution in [3.63, 3.8) is 0 Å². The van der Waals surface area contributed by atoms with E-state index >= 15 is 0 Å². The van der Waals surface area contributed by atoms with Gasteiger partial charge in [0.15, 0.2) is 11.5 Å². The van der Waals surface area contributed by atoms with Crippen molar-refractivity contribution in [3.8, 4) is 0 Å². The fourth-order valence-electron chi connectivity index (χ4n) is 3.86. The van der Waals surface area contributed by atoms with Gasteiger partial charge in [0.05, 0.1) is 28.2 Å². The summed E-state index contributed by atoms with van der Waals surface area (Å²) < 4.78 is 80.8. The molecule has 2 heterocycles. The number of anilines is 2. The zero-order valence-electron chi connectivity index (χ0n) is 17.0. The van der Waals surface area contributed by atoms with Crippen LogP contribution in [0.4, 0.5) is 37.8 Å². The highest BCUT2D eigenvalue weighted by Crippen LogP contribution is 2.38. The summed E-state index contributed by atoms with van der Waals surface area (Å²) in [5.41, 5.74) is -2.20. The molecule has 0 unspecified atom stereocenters. The summed E-state index contributed by atoms with van der Waals surface area (Å²) in [5.74, 6) is -1.91. The van der Waals surface area contributed by atoms with E-state index in [0.717, 1.165) is 12.1 Å². The van der Waals surface area contributed by atoms with Crippen LogP contribution in [0.25, 0.3) is 11.0 Å². The lowest BCUT2D eigenvalue weighted by atomic mass is 9.96. The van der Waals surface area contributed by atoms with Gasteiger partial charge in [-0.15, -0.1) is 0 Å². The van der Waals surface area contributed by atoms with Gasteiger partial charge < -0.3 is 10.2 Å². The number of fused-ring (bicyclic) bond motifs is 1. The first-order chi connectivity index (χ1) is 15.5. The van der Waals surface area contributed by atoms with Crippen LogP contribution in [0.15, 0.2) is 48.5 Å². The molecule has 4 rings (SSSR count). The third-order valence-electron chi connectivity index (χ3n) is 5.40. The fourth-order valence-corrected chi connectivity index (χ4v) is 3.86. The molecular formula is C22H18F6N4O. The molecule has 1 fully saturated rings. The number of piperidine rings is 1. The Hall–Kier alpha value is -3.37. The predicted octanol–water partition coefficient (Wildman–Crippen LogP) is 5.52. The summed E-state index contributed by atoms with van der Waals surface area (Å²) in [7, 11) is 0. The Labute approximate surface area is 184 Å². The van der Waals surface area contributed by atoms with Gasteiger partial charge in [-0.25, -0.2) is 9.97 Å². The van der Waals surface area contributed by atoms with Crippen LogP contribution in [0.5, 0.6) is 0 Å². The van der Waals surface area contributed by atoms with Crippen LogP contribution >= 0.6 is 0 Å². The molecule has 1 atom stereocenters. The molecule has 0 radical (unpaired) electrons. The molecule has 2 aromatic carbocycles. The van der Waals surface area contributed by atoms with Gasteiger partial charge in [-0.3, -0.25) is 4.79 Å². The number of halogens is 6. The van der Waals surface area contributed by atoms with Crippen molar-refractivity contribution in [1.29, 1.82) is 0 Å². The summed E-state index contributed by atoms with van der Waals surface area (Å²) >= 11 is 0. The molecule has 5 nitrogen and oxygen atoms in total. The lowest BCUT2D eigenvalue weighted by molar-refractivity contribution is -0.140. The standard InChI is InChI=1S/C22H18F6N4O/c23-21(24,25)14-7-1-2-8-15(14)31-20(33)13-6-5-11-32(12-13)19-18(22(26,27)28)29-16-9-3-4-10-17(16)30-19/h1-4,7-10,13H,5-6,11-12H2,(H,31,33)/t13-/m0/s1. The molecule has 1 saturated heterocycles. The quantitative estimate of drug-likeness (QED) is 0.514. The average Bonchev–Trinajstić information content (AvgIpc) is 2.77. The molecule has 0 bridgehead atoms. The molecule has 174 valence electrons. The van der Waals surface area contributed by atoms with E-state index in [2.05, 4.69) is 15.3 Å². The number of nitrogens with one attached hydrogen (secondary N) is 1. The Morgan fingerprint density at radius 1 is 0.909 bits per heavy atom. The maximum absolute atomic E-state index is 13.7. The van der Waals surface area contributed by atoms with Crippen molar-refractivity contribution >= 4 is 28.4 Å². The Balaban J connectivity index is 1.61. The van der Waals surface area contributed by atoms with E-state index in [4.69, 9.17) is 0 Å². The highest BCUT2D eigenvalue weighted by atomic mass is 19.4. The zero-order chi connectivity index (χ0) is 23.8. The number of rotatable bonds is 3. The van der Waals surface area contributed by atoms with Gasteiger partial charge in [0.25, 0.3) is 0 Å². The minimum atomic E-state index is -4.77. The predicted molar refractivity (Wildman–Crippen MR) is 110 cm³/mol. The van der Waals surface area contributed by atoms with E-state index in [-0.39, 0.29) is 24.1 Å². The van der Waals surface area contributed by atoms with Crippen molar-refractivity contribution in [2.75, 3.05) is 23.3 Å². The van der Waals surface area contributed by atoms with E-state index in [9.17, 15) is 31.1 Å². The van der Waals surface area contributed by atoms with Crippen LogP contribution in [0.1, 0.15) is 24.1 Å². The van der Waals surface area contributed by atoms with Crippen molar-refractivity contribution in [2.45, 2.75) is 25.2 Å². The molecule has 1 aromatic heterocycles. The molecule has 0 spiro atoms. The third-order valence-corrected chi connectivity index (χ3v) is 5.40. The van der Waals surface area contributed by atoms with E-state index < -0.39 is 46.9 Å². The summed E-state index contributed by atoms with van der Waals surface area (Å²) in [6.45, 7) is 0.0785. The number of hydrogen-bond acceptors (Lipinski definition) is 4. The van der Waals surface area contributed by atoms with Crippen LogP contribution in [-0.2, 0) is 17.1 Å². The Bertz CT molecular complexity index is 1180. The Morgan fingerprint density at radius 2 is 1.55 bits per heavy atom. The van der Waals surface area contributed by atoms with E-state index in [1.54, 1.807) is 12.1 Å². The molecule has 1 amide bonds. The summed E-state index contributed by atoms with van der Waals surface area (Å²) in [6, 6.07) is 10.7. The Kier molecular flexibility index (Phi) is 5.89. The minimum Gasteiger partial charge on any atom is -0.354 e.